The van der Waals surface area contributed by atoms with E-state index in [2.05, 4.69) is 32.5 Å². The zero-order valence-corrected chi connectivity index (χ0v) is 8.59. The van der Waals surface area contributed by atoms with E-state index in [9.17, 15) is 0 Å². The highest BCUT2D eigenvalue weighted by Gasteiger charge is 1.99. The van der Waals surface area contributed by atoms with E-state index >= 15 is 0 Å². The second-order valence-corrected chi connectivity index (χ2v) is 3.35. The average Bonchev–Trinajstić information content (AvgIpc) is 2.30. The highest BCUT2D eigenvalue weighted by atomic mass is 15.3. The zero-order chi connectivity index (χ0) is 10.5. The van der Waals surface area contributed by atoms with E-state index in [0.29, 0.717) is 11.6 Å². The summed E-state index contributed by atoms with van der Waals surface area (Å²) in [5, 5.41) is 15.7. The molecular formula is C11H12N4. The van der Waals surface area contributed by atoms with E-state index in [1.165, 1.54) is 5.56 Å². The molecule has 0 amide bonds. The summed E-state index contributed by atoms with van der Waals surface area (Å²) >= 11 is 0. The third-order valence-corrected chi connectivity index (χ3v) is 2.10. The molecule has 4 nitrogen and oxygen atoms in total. The molecule has 0 fully saturated rings. The van der Waals surface area contributed by atoms with Gasteiger partial charge < -0.3 is 0 Å². The molecule has 0 N–H and O–H groups in total. The minimum absolute atomic E-state index is 0.610. The van der Waals surface area contributed by atoms with Crippen molar-refractivity contribution in [1.29, 1.82) is 0 Å². The van der Waals surface area contributed by atoms with Crippen LogP contribution in [0.4, 0.5) is 0 Å². The summed E-state index contributed by atoms with van der Waals surface area (Å²) in [7, 11) is 0. The summed E-state index contributed by atoms with van der Waals surface area (Å²) in [6, 6.07) is 10.3. The van der Waals surface area contributed by atoms with Crippen LogP contribution in [-0.4, -0.2) is 20.4 Å². The van der Waals surface area contributed by atoms with Crippen LogP contribution in [0.3, 0.4) is 0 Å². The van der Waals surface area contributed by atoms with Gasteiger partial charge in [0.25, 0.3) is 0 Å². The highest BCUT2D eigenvalue weighted by molar-refractivity contribution is 5.15. The van der Waals surface area contributed by atoms with Crippen LogP contribution in [0.2, 0.25) is 0 Å². The van der Waals surface area contributed by atoms with E-state index in [4.69, 9.17) is 0 Å². The molecule has 76 valence electrons. The Morgan fingerprint density at radius 1 is 0.867 bits per heavy atom. The van der Waals surface area contributed by atoms with Gasteiger partial charge in [0.2, 0.25) is 0 Å². The Kier molecular flexibility index (Phi) is 2.97. The Hall–Kier alpha value is -1.84. The zero-order valence-electron chi connectivity index (χ0n) is 8.59. The van der Waals surface area contributed by atoms with Gasteiger partial charge in [0, 0.05) is 6.42 Å². The van der Waals surface area contributed by atoms with E-state index in [-0.39, 0.29) is 0 Å². The molecule has 0 atom stereocenters. The number of aryl methyl sites for hydroxylation is 3. The lowest BCUT2D eigenvalue weighted by molar-refractivity contribution is 0.716. The number of rotatable bonds is 3. The van der Waals surface area contributed by atoms with Crippen molar-refractivity contribution in [1.82, 2.24) is 20.4 Å². The first-order valence-corrected chi connectivity index (χ1v) is 4.91. The number of nitrogens with zero attached hydrogens (tertiary/aromatic N) is 4. The Labute approximate surface area is 88.4 Å². The van der Waals surface area contributed by atoms with E-state index in [1.54, 1.807) is 6.92 Å². The van der Waals surface area contributed by atoms with Crippen molar-refractivity contribution in [3.8, 4) is 0 Å². The van der Waals surface area contributed by atoms with Gasteiger partial charge in [-0.2, -0.15) is 0 Å². The van der Waals surface area contributed by atoms with Crippen LogP contribution >= 0.6 is 0 Å². The third-order valence-electron chi connectivity index (χ3n) is 2.10. The molecule has 2 aromatic rings. The minimum Gasteiger partial charge on any atom is -0.132 e. The summed E-state index contributed by atoms with van der Waals surface area (Å²) in [5.41, 5.74) is 1.28. The first kappa shape index (κ1) is 9.71. The maximum atomic E-state index is 3.97. The first-order chi connectivity index (χ1) is 7.34. The van der Waals surface area contributed by atoms with Gasteiger partial charge in [-0.3, -0.25) is 0 Å². The predicted octanol–water partition coefficient (Wildman–Crippen LogP) is 1.36. The summed E-state index contributed by atoms with van der Waals surface area (Å²) in [4.78, 5) is 0. The van der Waals surface area contributed by atoms with Crippen LogP contribution in [-0.2, 0) is 12.8 Å². The van der Waals surface area contributed by atoms with Gasteiger partial charge >= 0.3 is 0 Å². The van der Waals surface area contributed by atoms with Gasteiger partial charge in [0.1, 0.15) is 0 Å². The Morgan fingerprint density at radius 3 is 2.20 bits per heavy atom. The van der Waals surface area contributed by atoms with E-state index in [1.807, 2.05) is 18.2 Å². The van der Waals surface area contributed by atoms with Gasteiger partial charge in [-0.15, -0.1) is 20.4 Å². The fourth-order valence-corrected chi connectivity index (χ4v) is 1.30. The number of benzene rings is 1. The standard InChI is InChI=1S/C11H12N4/c1-9-12-14-11(15-13-9)8-7-10-5-3-2-4-6-10/h2-6H,7-8H2,1H3. The molecule has 1 aromatic carbocycles. The highest BCUT2D eigenvalue weighted by Crippen LogP contribution is 2.02. The van der Waals surface area contributed by atoms with Crippen molar-refractivity contribution in [2.75, 3.05) is 0 Å². The summed E-state index contributed by atoms with van der Waals surface area (Å²) < 4.78 is 0. The molecule has 0 aliphatic carbocycles. The van der Waals surface area contributed by atoms with Gasteiger partial charge in [-0.05, 0) is 18.9 Å². The maximum Gasteiger partial charge on any atom is 0.173 e. The van der Waals surface area contributed by atoms with Crippen molar-refractivity contribution in [3.63, 3.8) is 0 Å². The number of hydrogen-bond acceptors (Lipinski definition) is 4. The normalized spacial score (nSPS) is 10.2. The Balaban J connectivity index is 1.96. The second kappa shape index (κ2) is 4.59. The van der Waals surface area contributed by atoms with Gasteiger partial charge in [-0.25, -0.2) is 0 Å². The van der Waals surface area contributed by atoms with Crippen LogP contribution in [0.1, 0.15) is 17.2 Å². The van der Waals surface area contributed by atoms with Crippen LogP contribution in [0.15, 0.2) is 30.3 Å². The molecule has 0 bridgehead atoms. The van der Waals surface area contributed by atoms with E-state index in [0.717, 1.165) is 12.8 Å². The van der Waals surface area contributed by atoms with Gasteiger partial charge in [0.05, 0.1) is 0 Å². The monoisotopic (exact) mass is 200 g/mol. The van der Waals surface area contributed by atoms with Gasteiger partial charge in [0.15, 0.2) is 11.6 Å². The third kappa shape index (κ3) is 2.80. The molecule has 0 radical (unpaired) electrons. The van der Waals surface area contributed by atoms with Crippen LogP contribution in [0.25, 0.3) is 0 Å². The molecule has 2 rings (SSSR count). The van der Waals surface area contributed by atoms with Crippen LogP contribution in [0.5, 0.6) is 0 Å². The van der Waals surface area contributed by atoms with E-state index < -0.39 is 0 Å². The average molecular weight is 200 g/mol. The fourth-order valence-electron chi connectivity index (χ4n) is 1.30. The Morgan fingerprint density at radius 2 is 1.53 bits per heavy atom. The molecule has 1 aromatic heterocycles. The molecular weight excluding hydrogens is 188 g/mol. The van der Waals surface area contributed by atoms with Crippen molar-refractivity contribution >= 4 is 0 Å². The molecule has 0 unspecified atom stereocenters. The topological polar surface area (TPSA) is 51.6 Å². The Bertz CT molecular complexity index is 410. The molecule has 0 saturated heterocycles. The molecule has 0 aliphatic rings. The lowest BCUT2D eigenvalue weighted by atomic mass is 10.1. The molecule has 15 heavy (non-hydrogen) atoms. The van der Waals surface area contributed by atoms with Crippen molar-refractivity contribution in [3.05, 3.63) is 47.5 Å². The number of hydrogen-bond donors (Lipinski definition) is 0. The van der Waals surface area contributed by atoms with Crippen molar-refractivity contribution < 1.29 is 0 Å². The largest absolute Gasteiger partial charge is 0.173 e. The lowest BCUT2D eigenvalue weighted by Crippen LogP contribution is -2.03. The molecule has 0 spiro atoms. The summed E-state index contributed by atoms with van der Waals surface area (Å²) in [6.45, 7) is 1.78. The smallest absolute Gasteiger partial charge is 0.132 e. The summed E-state index contributed by atoms with van der Waals surface area (Å²) in [5.74, 6) is 1.31. The van der Waals surface area contributed by atoms with Crippen molar-refractivity contribution in [2.24, 2.45) is 0 Å². The predicted molar refractivity (Wildman–Crippen MR) is 56.2 cm³/mol. The molecule has 0 aliphatic heterocycles. The number of aromatic nitrogens is 4. The lowest BCUT2D eigenvalue weighted by Gasteiger charge is -1.98. The fraction of sp³-hybridized carbons (Fsp3) is 0.273. The SMILES string of the molecule is Cc1nnc(CCc2ccccc2)nn1. The summed E-state index contributed by atoms with van der Waals surface area (Å²) in [6.07, 6.45) is 1.71. The van der Waals surface area contributed by atoms with Crippen molar-refractivity contribution in [2.45, 2.75) is 19.8 Å². The van der Waals surface area contributed by atoms with Crippen LogP contribution < -0.4 is 0 Å². The van der Waals surface area contributed by atoms with Gasteiger partial charge in [-0.1, -0.05) is 30.3 Å². The quantitative estimate of drug-likeness (QED) is 0.750. The maximum absolute atomic E-state index is 3.97. The first-order valence-electron chi connectivity index (χ1n) is 4.91. The minimum atomic E-state index is 0.610. The molecule has 1 heterocycles. The van der Waals surface area contributed by atoms with Crippen LogP contribution in [0, 0.1) is 6.92 Å². The molecule has 4 heteroatoms. The second-order valence-electron chi connectivity index (χ2n) is 3.35. The molecule has 0 saturated carbocycles.